The van der Waals surface area contributed by atoms with Crippen molar-refractivity contribution in [3.05, 3.63) is 66.0 Å². The second-order valence-electron chi connectivity index (χ2n) is 4.50. The molecule has 0 aliphatic heterocycles. The summed E-state index contributed by atoms with van der Waals surface area (Å²) in [5.74, 6) is -0.0962. The predicted molar refractivity (Wildman–Crippen MR) is 79.7 cm³/mol. The van der Waals surface area contributed by atoms with Crippen molar-refractivity contribution in [3.8, 4) is 0 Å². The van der Waals surface area contributed by atoms with Crippen LogP contribution in [0.25, 0.3) is 0 Å². The quantitative estimate of drug-likeness (QED) is 0.819. The first kappa shape index (κ1) is 14.1. The number of carbonyl (C=O) groups is 1. The summed E-state index contributed by atoms with van der Waals surface area (Å²) in [6, 6.07) is 10.1. The van der Waals surface area contributed by atoms with Crippen molar-refractivity contribution >= 4 is 5.91 Å². The molecule has 0 aliphatic rings. The molecule has 0 unspecified atom stereocenters. The van der Waals surface area contributed by atoms with Crippen LogP contribution in [0.2, 0.25) is 0 Å². The summed E-state index contributed by atoms with van der Waals surface area (Å²) < 4.78 is 1.89. The first-order chi connectivity index (χ1) is 9.76. The van der Waals surface area contributed by atoms with Crippen LogP contribution >= 0.6 is 0 Å². The van der Waals surface area contributed by atoms with Crippen molar-refractivity contribution < 1.29 is 4.79 Å². The zero-order valence-corrected chi connectivity index (χ0v) is 11.7. The fraction of sp³-hybridized carbons (Fsp3) is 0.250. The number of nitrogens with one attached hydrogen (secondary N) is 1. The maximum absolute atomic E-state index is 12.0. The minimum Gasteiger partial charge on any atom is -0.348 e. The molecule has 1 aromatic carbocycles. The molecule has 0 atom stereocenters. The van der Waals surface area contributed by atoms with Crippen molar-refractivity contribution in [2.75, 3.05) is 6.54 Å². The highest BCUT2D eigenvalue weighted by Crippen LogP contribution is 2.12. The maximum Gasteiger partial charge on any atom is 0.255 e. The maximum atomic E-state index is 12.0. The van der Waals surface area contributed by atoms with Gasteiger partial charge in [0.15, 0.2) is 0 Å². The highest BCUT2D eigenvalue weighted by molar-refractivity contribution is 5.95. The smallest absolute Gasteiger partial charge is 0.255 e. The SMILES string of the molecule is C=CCNC(=O)c1cnn(Cc2ccccc2)c1CC. The molecule has 0 spiro atoms. The van der Waals surface area contributed by atoms with Crippen LogP contribution < -0.4 is 5.32 Å². The van der Waals surface area contributed by atoms with Crippen molar-refractivity contribution in [2.24, 2.45) is 0 Å². The van der Waals surface area contributed by atoms with Crippen LogP contribution in [-0.2, 0) is 13.0 Å². The number of hydrogen-bond donors (Lipinski definition) is 1. The first-order valence-corrected chi connectivity index (χ1v) is 6.74. The molecular weight excluding hydrogens is 250 g/mol. The zero-order valence-electron chi connectivity index (χ0n) is 11.7. The summed E-state index contributed by atoms with van der Waals surface area (Å²) in [5.41, 5.74) is 2.77. The molecule has 1 amide bonds. The molecule has 4 nitrogen and oxygen atoms in total. The summed E-state index contributed by atoms with van der Waals surface area (Å²) in [6.45, 7) is 6.77. The lowest BCUT2D eigenvalue weighted by Crippen LogP contribution is -2.24. The lowest BCUT2D eigenvalue weighted by Gasteiger charge is -2.08. The molecule has 1 aromatic heterocycles. The monoisotopic (exact) mass is 269 g/mol. The Balaban J connectivity index is 2.21. The lowest BCUT2D eigenvalue weighted by atomic mass is 10.1. The number of aromatic nitrogens is 2. The van der Waals surface area contributed by atoms with E-state index in [0.717, 1.165) is 12.1 Å². The molecule has 4 heteroatoms. The van der Waals surface area contributed by atoms with Crippen LogP contribution in [0.15, 0.2) is 49.2 Å². The van der Waals surface area contributed by atoms with E-state index in [-0.39, 0.29) is 5.91 Å². The topological polar surface area (TPSA) is 46.9 Å². The summed E-state index contributed by atoms with van der Waals surface area (Å²) in [7, 11) is 0. The standard InChI is InChI=1S/C16H19N3O/c1-3-10-17-16(20)14-11-18-19(15(14)4-2)12-13-8-6-5-7-9-13/h3,5-9,11H,1,4,10,12H2,2H3,(H,17,20). The lowest BCUT2D eigenvalue weighted by molar-refractivity contribution is 0.0957. The number of rotatable bonds is 6. The van der Waals surface area contributed by atoms with E-state index in [1.807, 2.05) is 29.8 Å². The number of hydrogen-bond acceptors (Lipinski definition) is 2. The minimum atomic E-state index is -0.0962. The fourth-order valence-corrected chi connectivity index (χ4v) is 2.13. The van der Waals surface area contributed by atoms with Gasteiger partial charge in [0.1, 0.15) is 0 Å². The van der Waals surface area contributed by atoms with Crippen LogP contribution in [0, 0.1) is 0 Å². The van der Waals surface area contributed by atoms with E-state index >= 15 is 0 Å². The minimum absolute atomic E-state index is 0.0962. The number of nitrogens with zero attached hydrogens (tertiary/aromatic N) is 2. The van der Waals surface area contributed by atoms with Crippen LogP contribution in [0.4, 0.5) is 0 Å². The Morgan fingerprint density at radius 1 is 1.40 bits per heavy atom. The molecule has 0 saturated heterocycles. The Morgan fingerprint density at radius 2 is 2.15 bits per heavy atom. The fourth-order valence-electron chi connectivity index (χ4n) is 2.13. The van der Waals surface area contributed by atoms with Gasteiger partial charge in [-0.15, -0.1) is 6.58 Å². The number of carbonyl (C=O) groups excluding carboxylic acids is 1. The third-order valence-electron chi connectivity index (χ3n) is 3.11. The van der Waals surface area contributed by atoms with E-state index in [1.165, 1.54) is 5.56 Å². The molecule has 104 valence electrons. The number of amides is 1. The molecule has 0 bridgehead atoms. The molecule has 0 fully saturated rings. The Morgan fingerprint density at radius 3 is 2.80 bits per heavy atom. The summed E-state index contributed by atoms with van der Waals surface area (Å²) in [6.07, 6.45) is 4.07. The summed E-state index contributed by atoms with van der Waals surface area (Å²) >= 11 is 0. The van der Waals surface area contributed by atoms with Crippen molar-refractivity contribution in [1.82, 2.24) is 15.1 Å². The van der Waals surface area contributed by atoms with Gasteiger partial charge in [0.25, 0.3) is 5.91 Å². The van der Waals surface area contributed by atoms with E-state index in [4.69, 9.17) is 0 Å². The van der Waals surface area contributed by atoms with Crippen LogP contribution in [0.3, 0.4) is 0 Å². The first-order valence-electron chi connectivity index (χ1n) is 6.74. The van der Waals surface area contributed by atoms with Gasteiger partial charge >= 0.3 is 0 Å². The third kappa shape index (κ3) is 3.15. The van der Waals surface area contributed by atoms with E-state index < -0.39 is 0 Å². The molecule has 1 N–H and O–H groups in total. The van der Waals surface area contributed by atoms with Crippen molar-refractivity contribution in [3.63, 3.8) is 0 Å². The zero-order chi connectivity index (χ0) is 14.4. The van der Waals surface area contributed by atoms with Crippen LogP contribution in [0.5, 0.6) is 0 Å². The van der Waals surface area contributed by atoms with E-state index in [9.17, 15) is 4.79 Å². The van der Waals surface area contributed by atoms with Gasteiger partial charge in [0.05, 0.1) is 24.0 Å². The van der Waals surface area contributed by atoms with Gasteiger partial charge in [-0.25, -0.2) is 0 Å². The van der Waals surface area contributed by atoms with Gasteiger partial charge in [0.2, 0.25) is 0 Å². The molecule has 2 aromatic rings. The Hall–Kier alpha value is -2.36. The summed E-state index contributed by atoms with van der Waals surface area (Å²) in [5, 5.41) is 7.13. The van der Waals surface area contributed by atoms with Crippen LogP contribution in [-0.4, -0.2) is 22.2 Å². The Bertz CT molecular complexity index is 587. The Labute approximate surface area is 119 Å². The average Bonchev–Trinajstić information content (AvgIpc) is 2.88. The van der Waals surface area contributed by atoms with E-state index in [1.54, 1.807) is 12.3 Å². The molecule has 0 radical (unpaired) electrons. The van der Waals surface area contributed by atoms with Crippen LogP contribution in [0.1, 0.15) is 28.5 Å². The highest BCUT2D eigenvalue weighted by Gasteiger charge is 2.15. The predicted octanol–water partition coefficient (Wildman–Crippen LogP) is 2.41. The van der Waals surface area contributed by atoms with E-state index in [2.05, 4.69) is 29.1 Å². The normalized spacial score (nSPS) is 10.2. The summed E-state index contributed by atoms with van der Waals surface area (Å²) in [4.78, 5) is 12.0. The Kier molecular flexibility index (Phi) is 4.71. The van der Waals surface area contributed by atoms with Crippen molar-refractivity contribution in [2.45, 2.75) is 19.9 Å². The van der Waals surface area contributed by atoms with Gasteiger partial charge in [-0.2, -0.15) is 5.10 Å². The number of benzene rings is 1. The van der Waals surface area contributed by atoms with Gasteiger partial charge < -0.3 is 5.32 Å². The molecule has 2 rings (SSSR count). The van der Waals surface area contributed by atoms with Gasteiger partial charge in [0, 0.05) is 6.54 Å². The van der Waals surface area contributed by atoms with Crippen molar-refractivity contribution in [1.29, 1.82) is 0 Å². The van der Waals surface area contributed by atoms with Gasteiger partial charge in [-0.3, -0.25) is 9.48 Å². The second kappa shape index (κ2) is 6.70. The molecule has 0 saturated carbocycles. The average molecular weight is 269 g/mol. The third-order valence-corrected chi connectivity index (χ3v) is 3.11. The van der Waals surface area contributed by atoms with Gasteiger partial charge in [-0.1, -0.05) is 43.3 Å². The second-order valence-corrected chi connectivity index (χ2v) is 4.50. The molecular formula is C16H19N3O. The highest BCUT2D eigenvalue weighted by atomic mass is 16.1. The van der Waals surface area contributed by atoms with Gasteiger partial charge in [-0.05, 0) is 12.0 Å². The molecule has 1 heterocycles. The molecule has 20 heavy (non-hydrogen) atoms. The molecule has 0 aliphatic carbocycles. The van der Waals surface area contributed by atoms with E-state index in [0.29, 0.717) is 18.7 Å². The largest absolute Gasteiger partial charge is 0.348 e.